The Balaban J connectivity index is 2.16. The Labute approximate surface area is 164 Å². The minimum Gasteiger partial charge on any atom is -0.393 e. The van der Waals surface area contributed by atoms with Gasteiger partial charge in [-0.3, -0.25) is 4.68 Å². The van der Waals surface area contributed by atoms with E-state index in [1.807, 2.05) is 17.0 Å². The van der Waals surface area contributed by atoms with Crippen LogP contribution in [-0.4, -0.2) is 50.5 Å². The molecule has 8 heteroatoms. The Morgan fingerprint density at radius 2 is 2.15 bits per heavy atom. The summed E-state index contributed by atoms with van der Waals surface area (Å²) in [4.78, 5) is 2.08. The minimum absolute atomic E-state index is 0.0610. The van der Waals surface area contributed by atoms with Gasteiger partial charge in [0.2, 0.25) is 0 Å². The van der Waals surface area contributed by atoms with Crippen molar-refractivity contribution < 1.29 is 10.2 Å². The van der Waals surface area contributed by atoms with E-state index in [4.69, 9.17) is 17.0 Å². The van der Waals surface area contributed by atoms with E-state index in [1.165, 1.54) is 6.21 Å². The van der Waals surface area contributed by atoms with Gasteiger partial charge in [0.1, 0.15) is 11.4 Å². The third-order valence-electron chi connectivity index (χ3n) is 4.99. The maximum atomic E-state index is 9.62. The van der Waals surface area contributed by atoms with Gasteiger partial charge in [0, 0.05) is 36.8 Å². The van der Waals surface area contributed by atoms with E-state index in [0.29, 0.717) is 34.8 Å². The molecule has 146 valence electrons. The van der Waals surface area contributed by atoms with Crippen molar-refractivity contribution in [3.8, 4) is 0 Å². The lowest BCUT2D eigenvalue weighted by Crippen LogP contribution is -2.48. The van der Waals surface area contributed by atoms with E-state index in [0.717, 1.165) is 11.4 Å². The molecule has 0 aromatic carbocycles. The zero-order valence-corrected chi connectivity index (χ0v) is 16.7. The Bertz CT molecular complexity index is 845. The molecule has 27 heavy (non-hydrogen) atoms. The van der Waals surface area contributed by atoms with Crippen LogP contribution in [0.4, 0.5) is 0 Å². The van der Waals surface area contributed by atoms with Gasteiger partial charge in [0.15, 0.2) is 6.29 Å². The summed E-state index contributed by atoms with van der Waals surface area (Å²) in [6.07, 6.45) is 5.66. The monoisotopic (exact) mass is 391 g/mol. The van der Waals surface area contributed by atoms with Gasteiger partial charge in [-0.15, -0.1) is 0 Å². The Hall–Kier alpha value is -2.09. The molecule has 3 rings (SSSR count). The van der Waals surface area contributed by atoms with Crippen molar-refractivity contribution in [3.05, 3.63) is 40.5 Å². The lowest BCUT2D eigenvalue weighted by molar-refractivity contribution is -0.0114. The highest BCUT2D eigenvalue weighted by atomic mass is 35.5. The van der Waals surface area contributed by atoms with Gasteiger partial charge < -0.3 is 25.8 Å². The van der Waals surface area contributed by atoms with Gasteiger partial charge in [-0.2, -0.15) is 5.10 Å². The molecule has 0 bridgehead atoms. The highest BCUT2D eigenvalue weighted by Crippen LogP contribution is 2.43. The first-order valence-corrected chi connectivity index (χ1v) is 9.27. The molecule has 0 spiro atoms. The largest absolute Gasteiger partial charge is 0.393 e. The predicted octanol–water partition coefficient (Wildman–Crippen LogP) is 2.42. The molecule has 0 saturated carbocycles. The molecule has 0 fully saturated rings. The summed E-state index contributed by atoms with van der Waals surface area (Å²) in [6, 6.07) is 0.0610. The summed E-state index contributed by atoms with van der Waals surface area (Å²) in [5, 5.41) is 35.0. The summed E-state index contributed by atoms with van der Waals surface area (Å²) in [5.41, 5.74) is 3.32. The number of nitrogens with one attached hydrogen (secondary N) is 2. The smallest absolute Gasteiger partial charge is 0.176 e. The maximum absolute atomic E-state index is 9.62. The quantitative estimate of drug-likeness (QED) is 0.467. The molecular formula is C19H26ClN5O2. The Morgan fingerprint density at radius 3 is 2.70 bits per heavy atom. The van der Waals surface area contributed by atoms with Crippen LogP contribution in [0.15, 0.2) is 24.0 Å². The number of hydrogen-bond donors (Lipinski definition) is 4. The fourth-order valence-corrected chi connectivity index (χ4v) is 3.89. The second-order valence-corrected chi connectivity index (χ2v) is 8.26. The van der Waals surface area contributed by atoms with Crippen LogP contribution < -0.4 is 5.32 Å². The van der Waals surface area contributed by atoms with Crippen molar-refractivity contribution in [2.24, 2.45) is 5.41 Å². The molecule has 2 aliphatic heterocycles. The molecule has 1 atom stereocenters. The molecular weight excluding hydrogens is 366 g/mol. The minimum atomic E-state index is -1.48. The number of hydrogen-bond acceptors (Lipinski definition) is 6. The normalized spacial score (nSPS) is 20.1. The van der Waals surface area contributed by atoms with E-state index < -0.39 is 6.29 Å². The number of nitrogens with zero attached hydrogens (tertiary/aromatic N) is 3. The molecule has 0 saturated heterocycles. The Kier molecular flexibility index (Phi) is 5.20. The third-order valence-corrected chi connectivity index (χ3v) is 5.35. The fourth-order valence-electron chi connectivity index (χ4n) is 3.55. The van der Waals surface area contributed by atoms with Gasteiger partial charge in [0.05, 0.1) is 23.3 Å². The van der Waals surface area contributed by atoms with Crippen molar-refractivity contribution >= 4 is 29.1 Å². The topological polar surface area (TPSA) is 97.4 Å². The van der Waals surface area contributed by atoms with Crippen molar-refractivity contribution in [1.29, 1.82) is 5.41 Å². The summed E-state index contributed by atoms with van der Waals surface area (Å²) >= 11 is 6.69. The van der Waals surface area contributed by atoms with Crippen LogP contribution in [0.5, 0.6) is 0 Å². The molecule has 0 radical (unpaired) electrons. The molecule has 1 aromatic heterocycles. The van der Waals surface area contributed by atoms with Crippen LogP contribution >= 0.6 is 11.6 Å². The second kappa shape index (κ2) is 7.14. The number of allylic oxidation sites excluding steroid dienone is 2. The van der Waals surface area contributed by atoms with Gasteiger partial charge in [-0.1, -0.05) is 38.4 Å². The summed E-state index contributed by atoms with van der Waals surface area (Å²) in [6.45, 7) is 7.04. The molecule has 0 unspecified atom stereocenters. The molecule has 1 aromatic rings. The number of halogens is 1. The van der Waals surface area contributed by atoms with Crippen LogP contribution in [0, 0.1) is 10.8 Å². The standard InChI is InChI=1S/C19H26ClN5O2/c1-19(2,3)14-10-25-17(13-6-5-11(18(26)27)9-24(13)14)15(20)16(23-25)12(7-21)8-22-4/h6-9,14,18,21-22,26-27H,5,10H2,1-4H3/b12-8+,21-7?/t14-/m0/s1. The van der Waals surface area contributed by atoms with E-state index in [9.17, 15) is 10.2 Å². The number of aromatic nitrogens is 2. The van der Waals surface area contributed by atoms with Gasteiger partial charge >= 0.3 is 0 Å². The van der Waals surface area contributed by atoms with Crippen molar-refractivity contribution in [1.82, 2.24) is 20.0 Å². The number of aliphatic hydroxyl groups excluding tert-OH is 1. The van der Waals surface area contributed by atoms with Crippen molar-refractivity contribution in [2.75, 3.05) is 7.05 Å². The molecule has 3 heterocycles. The fraction of sp³-hybridized carbons (Fsp3) is 0.474. The van der Waals surface area contributed by atoms with Crippen molar-refractivity contribution in [2.45, 2.75) is 46.1 Å². The van der Waals surface area contributed by atoms with E-state index >= 15 is 0 Å². The molecule has 4 N–H and O–H groups in total. The van der Waals surface area contributed by atoms with Crippen LogP contribution in [0.2, 0.25) is 5.02 Å². The second-order valence-electron chi connectivity index (χ2n) is 7.89. The molecule has 2 aliphatic rings. The first-order chi connectivity index (χ1) is 12.7. The predicted molar refractivity (Wildman–Crippen MR) is 107 cm³/mol. The van der Waals surface area contributed by atoms with E-state index in [-0.39, 0.29) is 11.5 Å². The average Bonchev–Trinajstić information content (AvgIpc) is 2.94. The molecule has 7 nitrogen and oxygen atoms in total. The first kappa shape index (κ1) is 19.7. The third kappa shape index (κ3) is 3.42. The van der Waals surface area contributed by atoms with E-state index in [2.05, 4.69) is 36.1 Å². The highest BCUT2D eigenvalue weighted by molar-refractivity contribution is 6.35. The zero-order chi connectivity index (χ0) is 19.9. The summed E-state index contributed by atoms with van der Waals surface area (Å²) in [7, 11) is 1.76. The molecule has 0 amide bonds. The van der Waals surface area contributed by atoms with E-state index in [1.54, 1.807) is 13.2 Å². The van der Waals surface area contributed by atoms with Gasteiger partial charge in [-0.25, -0.2) is 0 Å². The number of fused-ring (bicyclic) bond motifs is 3. The maximum Gasteiger partial charge on any atom is 0.176 e. The van der Waals surface area contributed by atoms with Gasteiger partial charge in [0.25, 0.3) is 0 Å². The van der Waals surface area contributed by atoms with Crippen molar-refractivity contribution in [3.63, 3.8) is 0 Å². The summed E-state index contributed by atoms with van der Waals surface area (Å²) in [5.74, 6) is 0. The zero-order valence-electron chi connectivity index (χ0n) is 16.0. The SMILES string of the molecule is CN/C=C(\C=N)c1nn2c(c1Cl)C1=CCC(C(O)O)=CN1[C@H](C(C)(C)C)C2. The Morgan fingerprint density at radius 1 is 1.44 bits per heavy atom. The average molecular weight is 392 g/mol. The lowest BCUT2D eigenvalue weighted by Gasteiger charge is -2.46. The number of aliphatic hydroxyl groups is 2. The lowest BCUT2D eigenvalue weighted by atomic mass is 9.83. The summed E-state index contributed by atoms with van der Waals surface area (Å²) < 4.78 is 1.90. The van der Waals surface area contributed by atoms with Crippen LogP contribution in [0.25, 0.3) is 11.3 Å². The van der Waals surface area contributed by atoms with Crippen LogP contribution in [0.3, 0.4) is 0 Å². The molecule has 0 aliphatic carbocycles. The van der Waals surface area contributed by atoms with Crippen LogP contribution in [-0.2, 0) is 6.54 Å². The number of rotatable bonds is 4. The van der Waals surface area contributed by atoms with Gasteiger partial charge in [-0.05, 0) is 11.8 Å². The van der Waals surface area contributed by atoms with Crippen LogP contribution in [0.1, 0.15) is 38.6 Å². The highest BCUT2D eigenvalue weighted by Gasteiger charge is 2.40. The first-order valence-electron chi connectivity index (χ1n) is 8.89.